The number of carbonyl (C=O) groups excluding carboxylic acids is 2. The minimum absolute atomic E-state index is 0.00609. The molecule has 2 saturated heterocycles. The van der Waals surface area contributed by atoms with Crippen LogP contribution < -0.4 is 5.32 Å². The monoisotopic (exact) mass is 425 g/mol. The van der Waals surface area contributed by atoms with Crippen LogP contribution in [0.3, 0.4) is 0 Å². The molecular formula is C24H28FN3O3. The molecule has 0 radical (unpaired) electrons. The van der Waals surface area contributed by atoms with Crippen molar-refractivity contribution in [3.63, 3.8) is 0 Å². The third-order valence-electron chi connectivity index (χ3n) is 5.82. The zero-order valence-electron chi connectivity index (χ0n) is 18.1. The molecule has 2 aromatic rings. The minimum Gasteiger partial charge on any atom is -0.444 e. The zero-order valence-corrected chi connectivity index (χ0v) is 18.1. The lowest BCUT2D eigenvalue weighted by Gasteiger charge is -2.39. The Bertz CT molecular complexity index is 957. The molecule has 7 heteroatoms. The summed E-state index contributed by atoms with van der Waals surface area (Å²) in [7, 11) is 0. The number of carbonyl (C=O) groups is 2. The average molecular weight is 426 g/mol. The molecule has 2 aliphatic heterocycles. The summed E-state index contributed by atoms with van der Waals surface area (Å²) in [6.07, 6.45) is 4.55. The third-order valence-corrected chi connectivity index (χ3v) is 5.82. The molecule has 3 heterocycles. The van der Waals surface area contributed by atoms with Gasteiger partial charge in [0, 0.05) is 29.9 Å². The predicted molar refractivity (Wildman–Crippen MR) is 115 cm³/mol. The maximum Gasteiger partial charge on any atom is 0.410 e. The number of ether oxygens (including phenoxy) is 1. The van der Waals surface area contributed by atoms with E-state index in [4.69, 9.17) is 4.74 Å². The summed E-state index contributed by atoms with van der Waals surface area (Å²) >= 11 is 0. The summed E-state index contributed by atoms with van der Waals surface area (Å²) < 4.78 is 19.0. The minimum atomic E-state index is -0.522. The fraction of sp³-hybridized carbons (Fsp3) is 0.458. The lowest BCUT2D eigenvalue weighted by molar-refractivity contribution is 0.00500. The van der Waals surface area contributed by atoms with E-state index < -0.39 is 5.60 Å². The van der Waals surface area contributed by atoms with Gasteiger partial charge in [-0.3, -0.25) is 9.78 Å². The third kappa shape index (κ3) is 4.86. The summed E-state index contributed by atoms with van der Waals surface area (Å²) in [4.78, 5) is 31.5. The summed E-state index contributed by atoms with van der Waals surface area (Å²) in [5.41, 5.74) is 1.21. The van der Waals surface area contributed by atoms with Crippen LogP contribution >= 0.6 is 0 Å². The van der Waals surface area contributed by atoms with Crippen molar-refractivity contribution < 1.29 is 18.7 Å². The molecule has 0 saturated carbocycles. The number of hydrogen-bond acceptors (Lipinski definition) is 4. The number of aromatic nitrogens is 1. The number of piperidine rings is 1. The van der Waals surface area contributed by atoms with E-state index in [1.807, 2.05) is 25.7 Å². The smallest absolute Gasteiger partial charge is 0.410 e. The summed E-state index contributed by atoms with van der Waals surface area (Å²) in [5.74, 6) is -0.512. The van der Waals surface area contributed by atoms with E-state index in [9.17, 15) is 14.0 Å². The van der Waals surface area contributed by atoms with Gasteiger partial charge >= 0.3 is 6.09 Å². The first-order valence-corrected chi connectivity index (χ1v) is 10.7. The fourth-order valence-corrected chi connectivity index (χ4v) is 4.52. The van der Waals surface area contributed by atoms with Crippen LogP contribution in [0.5, 0.6) is 0 Å². The summed E-state index contributed by atoms with van der Waals surface area (Å²) in [6, 6.07) is 9.81. The number of fused-ring (bicyclic) bond motifs is 2. The molecule has 0 unspecified atom stereocenters. The van der Waals surface area contributed by atoms with Crippen LogP contribution in [0.2, 0.25) is 0 Å². The van der Waals surface area contributed by atoms with Gasteiger partial charge < -0.3 is 15.0 Å². The van der Waals surface area contributed by atoms with Crippen molar-refractivity contribution in [1.82, 2.24) is 15.2 Å². The molecular weight excluding hydrogens is 397 g/mol. The van der Waals surface area contributed by atoms with Crippen molar-refractivity contribution in [3.05, 3.63) is 54.0 Å². The number of nitrogens with one attached hydrogen (secondary N) is 1. The zero-order chi connectivity index (χ0) is 22.2. The Morgan fingerprint density at radius 3 is 2.42 bits per heavy atom. The van der Waals surface area contributed by atoms with Gasteiger partial charge in [0.05, 0.1) is 11.3 Å². The lowest BCUT2D eigenvalue weighted by Crippen LogP contribution is -2.53. The second kappa shape index (κ2) is 8.29. The number of nitrogens with zero attached hydrogens (tertiary/aromatic N) is 2. The molecule has 2 aliphatic rings. The van der Waals surface area contributed by atoms with E-state index in [0.717, 1.165) is 25.7 Å². The normalized spacial score (nSPS) is 22.8. The highest BCUT2D eigenvalue weighted by molar-refractivity contribution is 5.94. The molecule has 31 heavy (non-hydrogen) atoms. The van der Waals surface area contributed by atoms with Gasteiger partial charge in [-0.05, 0) is 70.7 Å². The van der Waals surface area contributed by atoms with Gasteiger partial charge in [0.25, 0.3) is 5.91 Å². The molecule has 3 atom stereocenters. The maximum absolute atomic E-state index is 13.4. The predicted octanol–water partition coefficient (Wildman–Crippen LogP) is 4.55. The Kier molecular flexibility index (Phi) is 5.69. The van der Waals surface area contributed by atoms with Crippen molar-refractivity contribution in [2.45, 2.75) is 70.2 Å². The molecule has 2 fully saturated rings. The van der Waals surface area contributed by atoms with Crippen LogP contribution in [0, 0.1) is 5.82 Å². The molecule has 164 valence electrons. The van der Waals surface area contributed by atoms with Crippen LogP contribution in [0.4, 0.5) is 9.18 Å². The lowest BCUT2D eigenvalue weighted by atomic mass is 9.97. The van der Waals surface area contributed by atoms with Gasteiger partial charge in [-0.15, -0.1) is 0 Å². The van der Waals surface area contributed by atoms with E-state index in [-0.39, 0.29) is 35.9 Å². The first-order valence-electron chi connectivity index (χ1n) is 10.7. The van der Waals surface area contributed by atoms with Crippen LogP contribution in [-0.2, 0) is 4.74 Å². The molecule has 0 aliphatic carbocycles. The van der Waals surface area contributed by atoms with Crippen molar-refractivity contribution in [1.29, 1.82) is 0 Å². The number of pyridine rings is 1. The Hall–Kier alpha value is -2.96. The quantitative estimate of drug-likeness (QED) is 0.783. The van der Waals surface area contributed by atoms with E-state index in [1.54, 1.807) is 24.3 Å². The molecule has 1 N–H and O–H groups in total. The van der Waals surface area contributed by atoms with Crippen molar-refractivity contribution in [3.8, 4) is 11.3 Å². The number of halogens is 1. The molecule has 1 aromatic heterocycles. The molecule has 2 bridgehead atoms. The van der Waals surface area contributed by atoms with Gasteiger partial charge in [-0.1, -0.05) is 12.1 Å². The Morgan fingerprint density at radius 2 is 1.84 bits per heavy atom. The van der Waals surface area contributed by atoms with E-state index >= 15 is 0 Å². The first-order chi connectivity index (χ1) is 14.7. The van der Waals surface area contributed by atoms with E-state index in [0.29, 0.717) is 16.8 Å². The molecule has 2 amide bonds. The maximum atomic E-state index is 13.4. The fourth-order valence-electron chi connectivity index (χ4n) is 4.52. The van der Waals surface area contributed by atoms with Crippen molar-refractivity contribution >= 4 is 12.0 Å². The number of amides is 2. The number of benzene rings is 1. The van der Waals surface area contributed by atoms with Crippen LogP contribution in [0.1, 0.15) is 56.8 Å². The van der Waals surface area contributed by atoms with Crippen LogP contribution in [0.15, 0.2) is 42.6 Å². The Morgan fingerprint density at radius 1 is 1.13 bits per heavy atom. The topological polar surface area (TPSA) is 71.5 Å². The van der Waals surface area contributed by atoms with E-state index in [2.05, 4.69) is 10.3 Å². The molecule has 1 aromatic carbocycles. The van der Waals surface area contributed by atoms with Crippen molar-refractivity contribution in [2.75, 3.05) is 0 Å². The highest BCUT2D eigenvalue weighted by Gasteiger charge is 2.45. The highest BCUT2D eigenvalue weighted by Crippen LogP contribution is 2.37. The van der Waals surface area contributed by atoms with E-state index in [1.165, 1.54) is 18.3 Å². The first kappa shape index (κ1) is 21.3. The van der Waals surface area contributed by atoms with Gasteiger partial charge in [0.15, 0.2) is 0 Å². The van der Waals surface area contributed by atoms with Gasteiger partial charge in [-0.2, -0.15) is 0 Å². The highest BCUT2D eigenvalue weighted by atomic mass is 19.1. The average Bonchev–Trinajstić information content (AvgIpc) is 2.98. The molecule has 0 spiro atoms. The van der Waals surface area contributed by atoms with Crippen molar-refractivity contribution in [2.24, 2.45) is 0 Å². The number of hydrogen-bond donors (Lipinski definition) is 1. The molecule has 4 rings (SSSR count). The summed E-state index contributed by atoms with van der Waals surface area (Å²) in [6.45, 7) is 5.61. The standard InChI is InChI=1S/C24H28FN3O3/c1-24(2,3)31-23(30)28-19-8-9-20(28)13-18(12-19)27-22(29)16-7-10-21(26-14-16)15-5-4-6-17(25)11-15/h4-7,10-11,14,18-20H,8-9,12-13H2,1-3H3,(H,27,29)/t18-,19-,20+. The molecule has 6 nitrogen and oxygen atoms in total. The Balaban J connectivity index is 1.37. The van der Waals surface area contributed by atoms with Gasteiger partial charge in [0.2, 0.25) is 0 Å². The van der Waals surface area contributed by atoms with Gasteiger partial charge in [0.1, 0.15) is 11.4 Å². The Labute approximate surface area is 181 Å². The summed E-state index contributed by atoms with van der Waals surface area (Å²) in [5, 5.41) is 3.09. The second-order valence-corrected chi connectivity index (χ2v) is 9.36. The van der Waals surface area contributed by atoms with Gasteiger partial charge in [-0.25, -0.2) is 9.18 Å². The SMILES string of the molecule is CC(C)(C)OC(=O)N1[C@@H]2CC[C@H]1C[C@H](NC(=O)c1ccc(-c3cccc(F)c3)nc1)C2. The second-order valence-electron chi connectivity index (χ2n) is 9.36. The van der Waals surface area contributed by atoms with Crippen LogP contribution in [-0.4, -0.2) is 45.6 Å². The van der Waals surface area contributed by atoms with Crippen LogP contribution in [0.25, 0.3) is 11.3 Å². The largest absolute Gasteiger partial charge is 0.444 e. The number of rotatable bonds is 3.